The monoisotopic (exact) mass is 470 g/mol. The summed E-state index contributed by atoms with van der Waals surface area (Å²) in [5, 5.41) is 13.6. The maximum absolute atomic E-state index is 12.7. The zero-order valence-corrected chi connectivity index (χ0v) is 18.7. The van der Waals surface area contributed by atoms with E-state index in [0.717, 1.165) is 17.5 Å². The molecule has 0 spiro atoms. The Morgan fingerprint density at radius 3 is 2.44 bits per heavy atom. The number of benzene rings is 2. The van der Waals surface area contributed by atoms with Crippen LogP contribution in [0.25, 0.3) is 0 Å². The number of nitrogens with two attached hydrogens (primary N) is 1. The molecule has 2 aliphatic rings. The standard InChI is InChI=1S/C25H30N2O7/c26-21(23(29)32-14-17-9-5-2-6-10-17)22(28)19(13-16-7-3-1-4-8-16)27-25(30)34-20-15-33-24-18(20)11-12-31-24/h1-10,18-22,24,28H,11-15,26H2,(H,27,30). The van der Waals surface area contributed by atoms with Crippen LogP contribution in [0.2, 0.25) is 0 Å². The Bertz CT molecular complexity index is 943. The van der Waals surface area contributed by atoms with E-state index in [1.807, 2.05) is 60.7 Å². The number of carbonyl (C=O) groups excluding carboxylic acids is 2. The van der Waals surface area contributed by atoms with Crippen molar-refractivity contribution in [3.8, 4) is 0 Å². The molecular weight excluding hydrogens is 440 g/mol. The van der Waals surface area contributed by atoms with Gasteiger partial charge in [-0.05, 0) is 24.0 Å². The van der Waals surface area contributed by atoms with E-state index in [1.54, 1.807) is 0 Å². The number of alkyl carbamates (subject to hydrolysis) is 1. The molecule has 0 radical (unpaired) electrons. The third-order valence-corrected chi connectivity index (χ3v) is 6.12. The second-order valence-corrected chi connectivity index (χ2v) is 8.52. The molecule has 4 rings (SSSR count). The summed E-state index contributed by atoms with van der Waals surface area (Å²) in [6.07, 6.45) is -1.92. The van der Waals surface area contributed by atoms with Crippen molar-refractivity contribution in [3.63, 3.8) is 0 Å². The molecule has 2 aromatic rings. The van der Waals surface area contributed by atoms with Gasteiger partial charge in [0.2, 0.25) is 0 Å². The van der Waals surface area contributed by atoms with Gasteiger partial charge in [-0.3, -0.25) is 4.79 Å². The zero-order chi connectivity index (χ0) is 23.9. The molecule has 0 aliphatic carbocycles. The second kappa shape index (κ2) is 11.4. The van der Waals surface area contributed by atoms with Gasteiger partial charge in [0, 0.05) is 0 Å². The molecule has 6 unspecified atom stereocenters. The lowest BCUT2D eigenvalue weighted by Crippen LogP contribution is -2.56. The third kappa shape index (κ3) is 6.12. The van der Waals surface area contributed by atoms with Gasteiger partial charge in [0.15, 0.2) is 6.29 Å². The molecular formula is C25H30N2O7. The van der Waals surface area contributed by atoms with Crippen LogP contribution in [0.3, 0.4) is 0 Å². The molecule has 2 aromatic carbocycles. The first-order valence-electron chi connectivity index (χ1n) is 11.4. The largest absolute Gasteiger partial charge is 0.460 e. The predicted molar refractivity (Wildman–Crippen MR) is 121 cm³/mol. The molecule has 0 aromatic heterocycles. The summed E-state index contributed by atoms with van der Waals surface area (Å²) >= 11 is 0. The topological polar surface area (TPSA) is 129 Å². The molecule has 9 heteroatoms. The first-order chi connectivity index (χ1) is 16.5. The normalized spacial score (nSPS) is 24.0. The Hall–Kier alpha value is -2.98. The number of fused-ring (bicyclic) bond motifs is 1. The van der Waals surface area contributed by atoms with Crippen LogP contribution in [-0.4, -0.2) is 61.0 Å². The molecule has 2 fully saturated rings. The zero-order valence-electron chi connectivity index (χ0n) is 18.7. The molecule has 2 heterocycles. The Kier molecular flexibility index (Phi) is 8.12. The highest BCUT2D eigenvalue weighted by molar-refractivity contribution is 5.76. The van der Waals surface area contributed by atoms with Crippen LogP contribution in [0.5, 0.6) is 0 Å². The van der Waals surface area contributed by atoms with Crippen LogP contribution in [0.1, 0.15) is 17.5 Å². The number of carbonyl (C=O) groups is 2. The highest BCUT2D eigenvalue weighted by atomic mass is 16.7. The number of hydrogen-bond donors (Lipinski definition) is 3. The number of amides is 1. The number of rotatable bonds is 9. The van der Waals surface area contributed by atoms with Gasteiger partial charge < -0.3 is 35.1 Å². The van der Waals surface area contributed by atoms with Crippen LogP contribution in [0, 0.1) is 5.92 Å². The van der Waals surface area contributed by atoms with Crippen molar-refractivity contribution in [2.45, 2.75) is 50.0 Å². The molecule has 4 N–H and O–H groups in total. The van der Waals surface area contributed by atoms with Crippen LogP contribution in [0.4, 0.5) is 4.79 Å². The number of nitrogens with one attached hydrogen (secondary N) is 1. The summed E-state index contributed by atoms with van der Waals surface area (Å²) in [7, 11) is 0. The SMILES string of the molecule is NC(C(=O)OCc1ccccc1)C(O)C(Cc1ccccc1)NC(=O)OC1COC2OCCC12. The average Bonchev–Trinajstić information content (AvgIpc) is 3.48. The van der Waals surface area contributed by atoms with E-state index in [1.165, 1.54) is 0 Å². The van der Waals surface area contributed by atoms with E-state index in [9.17, 15) is 14.7 Å². The van der Waals surface area contributed by atoms with Crippen molar-refractivity contribution in [1.82, 2.24) is 5.32 Å². The van der Waals surface area contributed by atoms with E-state index < -0.39 is 36.4 Å². The maximum Gasteiger partial charge on any atom is 0.407 e. The Morgan fingerprint density at radius 2 is 1.74 bits per heavy atom. The molecule has 0 saturated carbocycles. The van der Waals surface area contributed by atoms with Gasteiger partial charge in [0.1, 0.15) is 24.9 Å². The quantitative estimate of drug-likeness (QED) is 0.471. The van der Waals surface area contributed by atoms with Gasteiger partial charge >= 0.3 is 12.1 Å². The van der Waals surface area contributed by atoms with E-state index >= 15 is 0 Å². The van der Waals surface area contributed by atoms with Crippen LogP contribution in [-0.2, 0) is 36.8 Å². The summed E-state index contributed by atoms with van der Waals surface area (Å²) in [6.45, 7) is 0.845. The predicted octanol–water partition coefficient (Wildman–Crippen LogP) is 1.52. The van der Waals surface area contributed by atoms with Crippen LogP contribution < -0.4 is 11.1 Å². The molecule has 2 saturated heterocycles. The lowest BCUT2D eigenvalue weighted by molar-refractivity contribution is -0.149. The second-order valence-electron chi connectivity index (χ2n) is 8.52. The smallest absolute Gasteiger partial charge is 0.407 e. The molecule has 6 atom stereocenters. The van der Waals surface area contributed by atoms with E-state index in [4.69, 9.17) is 24.7 Å². The summed E-state index contributed by atoms with van der Waals surface area (Å²) in [4.78, 5) is 25.2. The first kappa shape index (κ1) is 24.2. The van der Waals surface area contributed by atoms with Crippen LogP contribution >= 0.6 is 0 Å². The average molecular weight is 471 g/mol. The van der Waals surface area contributed by atoms with Gasteiger partial charge in [-0.2, -0.15) is 0 Å². The number of ether oxygens (including phenoxy) is 4. The third-order valence-electron chi connectivity index (χ3n) is 6.12. The number of aliphatic hydroxyl groups excluding tert-OH is 1. The minimum atomic E-state index is -1.40. The van der Waals surface area contributed by atoms with Crippen LogP contribution in [0.15, 0.2) is 60.7 Å². The number of hydrogen-bond acceptors (Lipinski definition) is 8. The fraction of sp³-hybridized carbons (Fsp3) is 0.440. The fourth-order valence-corrected chi connectivity index (χ4v) is 4.21. The van der Waals surface area contributed by atoms with Gasteiger partial charge in [0.05, 0.1) is 25.2 Å². The van der Waals surface area contributed by atoms with Gasteiger partial charge in [-0.15, -0.1) is 0 Å². The van der Waals surface area contributed by atoms with Gasteiger partial charge in [0.25, 0.3) is 0 Å². The molecule has 9 nitrogen and oxygen atoms in total. The van der Waals surface area contributed by atoms with Gasteiger partial charge in [-0.25, -0.2) is 4.79 Å². The lowest BCUT2D eigenvalue weighted by Gasteiger charge is -2.28. The Labute approximate surface area is 198 Å². The van der Waals surface area contributed by atoms with Crippen molar-refractivity contribution in [1.29, 1.82) is 0 Å². The summed E-state index contributed by atoms with van der Waals surface area (Å²) in [5.41, 5.74) is 7.69. The summed E-state index contributed by atoms with van der Waals surface area (Å²) in [6, 6.07) is 16.2. The van der Waals surface area contributed by atoms with Crippen molar-refractivity contribution < 1.29 is 33.6 Å². The molecule has 0 bridgehead atoms. The Balaban J connectivity index is 1.38. The summed E-state index contributed by atoms with van der Waals surface area (Å²) < 4.78 is 21.8. The molecule has 1 amide bonds. The highest BCUT2D eigenvalue weighted by Gasteiger charge is 2.44. The molecule has 182 valence electrons. The minimum Gasteiger partial charge on any atom is -0.460 e. The maximum atomic E-state index is 12.7. The van der Waals surface area contributed by atoms with Crippen molar-refractivity contribution in [2.75, 3.05) is 13.2 Å². The first-order valence-corrected chi connectivity index (χ1v) is 11.4. The van der Waals surface area contributed by atoms with Crippen molar-refractivity contribution in [3.05, 3.63) is 71.8 Å². The number of esters is 1. The molecule has 34 heavy (non-hydrogen) atoms. The van der Waals surface area contributed by atoms with E-state index in [2.05, 4.69) is 5.32 Å². The fourth-order valence-electron chi connectivity index (χ4n) is 4.21. The highest BCUT2D eigenvalue weighted by Crippen LogP contribution is 2.33. The van der Waals surface area contributed by atoms with Crippen molar-refractivity contribution in [2.24, 2.45) is 11.7 Å². The lowest BCUT2D eigenvalue weighted by atomic mass is 9.97. The minimum absolute atomic E-state index is 0.0153. The van der Waals surface area contributed by atoms with E-state index in [0.29, 0.717) is 6.61 Å². The summed E-state index contributed by atoms with van der Waals surface area (Å²) in [5.74, 6) is -0.779. The van der Waals surface area contributed by atoms with Crippen molar-refractivity contribution >= 4 is 12.1 Å². The van der Waals surface area contributed by atoms with E-state index in [-0.39, 0.29) is 31.8 Å². The Morgan fingerprint density at radius 1 is 1.06 bits per heavy atom. The van der Waals surface area contributed by atoms with Gasteiger partial charge in [-0.1, -0.05) is 60.7 Å². The number of aliphatic hydroxyl groups is 1. The molecule has 2 aliphatic heterocycles.